The van der Waals surface area contributed by atoms with Crippen molar-refractivity contribution in [2.75, 3.05) is 0 Å². The quantitative estimate of drug-likeness (QED) is 0.728. The highest BCUT2D eigenvalue weighted by Gasteiger charge is 2.05. The van der Waals surface area contributed by atoms with Crippen molar-refractivity contribution in [3.8, 4) is 6.07 Å². The Labute approximate surface area is 115 Å². The summed E-state index contributed by atoms with van der Waals surface area (Å²) < 4.78 is 2.20. The standard InChI is InChI=1S/C15H13N3S/c1-11-15(19-10-17-11)5-7-18-6-4-13-3-2-12(9-16)8-14(13)18/h2-4,6,8,10H,5,7H2,1H3. The molecule has 0 atom stereocenters. The predicted molar refractivity (Wildman–Crippen MR) is 77.2 cm³/mol. The molecule has 94 valence electrons. The maximum atomic E-state index is 8.98. The molecule has 0 aliphatic heterocycles. The lowest BCUT2D eigenvalue weighted by Gasteiger charge is -2.05. The van der Waals surface area contributed by atoms with Gasteiger partial charge in [-0.1, -0.05) is 6.07 Å². The van der Waals surface area contributed by atoms with Crippen LogP contribution in [0.4, 0.5) is 0 Å². The SMILES string of the molecule is Cc1ncsc1CCn1ccc2ccc(C#N)cc21. The molecule has 0 amide bonds. The molecule has 2 heterocycles. The van der Waals surface area contributed by atoms with E-state index < -0.39 is 0 Å². The highest BCUT2D eigenvalue weighted by molar-refractivity contribution is 7.09. The third-order valence-corrected chi connectivity index (χ3v) is 4.32. The first-order chi connectivity index (χ1) is 9.28. The third kappa shape index (κ3) is 2.25. The molecule has 1 aromatic carbocycles. The van der Waals surface area contributed by atoms with Crippen molar-refractivity contribution in [3.63, 3.8) is 0 Å². The van der Waals surface area contributed by atoms with E-state index in [-0.39, 0.29) is 0 Å². The van der Waals surface area contributed by atoms with Crippen LogP contribution < -0.4 is 0 Å². The summed E-state index contributed by atoms with van der Waals surface area (Å²) >= 11 is 1.71. The molecule has 4 heteroatoms. The maximum absolute atomic E-state index is 8.98. The van der Waals surface area contributed by atoms with E-state index in [4.69, 9.17) is 5.26 Å². The average molecular weight is 267 g/mol. The Hall–Kier alpha value is -2.12. The van der Waals surface area contributed by atoms with Crippen molar-refractivity contribution in [2.45, 2.75) is 19.9 Å². The predicted octanol–water partition coefficient (Wildman–Crippen LogP) is 3.52. The molecular weight excluding hydrogens is 254 g/mol. The van der Waals surface area contributed by atoms with Crippen LogP contribution in [0.15, 0.2) is 36.0 Å². The minimum Gasteiger partial charge on any atom is -0.347 e. The molecule has 0 N–H and O–H groups in total. The van der Waals surface area contributed by atoms with Gasteiger partial charge in [-0.15, -0.1) is 11.3 Å². The van der Waals surface area contributed by atoms with Crippen LogP contribution in [0.5, 0.6) is 0 Å². The van der Waals surface area contributed by atoms with E-state index in [1.165, 1.54) is 10.3 Å². The normalized spacial score (nSPS) is 10.7. The van der Waals surface area contributed by atoms with E-state index in [1.54, 1.807) is 11.3 Å². The Kier molecular flexibility index (Phi) is 3.06. The smallest absolute Gasteiger partial charge is 0.0992 e. The summed E-state index contributed by atoms with van der Waals surface area (Å²) in [7, 11) is 0. The Morgan fingerprint density at radius 2 is 2.26 bits per heavy atom. The maximum Gasteiger partial charge on any atom is 0.0992 e. The minimum atomic E-state index is 0.710. The molecule has 19 heavy (non-hydrogen) atoms. The fourth-order valence-electron chi connectivity index (χ4n) is 2.24. The topological polar surface area (TPSA) is 41.6 Å². The summed E-state index contributed by atoms with van der Waals surface area (Å²) in [4.78, 5) is 5.60. The molecule has 0 aliphatic rings. The highest BCUT2D eigenvalue weighted by Crippen LogP contribution is 2.19. The molecule has 0 radical (unpaired) electrons. The van der Waals surface area contributed by atoms with Gasteiger partial charge in [-0.3, -0.25) is 0 Å². The van der Waals surface area contributed by atoms with Crippen LogP contribution in [-0.2, 0) is 13.0 Å². The zero-order valence-electron chi connectivity index (χ0n) is 10.6. The van der Waals surface area contributed by atoms with Crippen molar-refractivity contribution >= 4 is 22.2 Å². The number of hydrogen-bond acceptors (Lipinski definition) is 3. The zero-order chi connectivity index (χ0) is 13.2. The van der Waals surface area contributed by atoms with Gasteiger partial charge in [-0.05, 0) is 30.5 Å². The summed E-state index contributed by atoms with van der Waals surface area (Å²) in [5.41, 5.74) is 4.86. The number of rotatable bonds is 3. The van der Waals surface area contributed by atoms with Gasteiger partial charge in [0.15, 0.2) is 0 Å². The first-order valence-electron chi connectivity index (χ1n) is 6.16. The Morgan fingerprint density at radius 3 is 3.00 bits per heavy atom. The molecule has 3 aromatic rings. The Balaban J connectivity index is 1.89. The minimum absolute atomic E-state index is 0.710. The second-order valence-corrected chi connectivity index (χ2v) is 5.44. The molecule has 3 nitrogen and oxygen atoms in total. The van der Waals surface area contributed by atoms with E-state index in [9.17, 15) is 0 Å². The van der Waals surface area contributed by atoms with E-state index in [2.05, 4.69) is 27.9 Å². The van der Waals surface area contributed by atoms with Gasteiger partial charge in [-0.2, -0.15) is 5.26 Å². The van der Waals surface area contributed by atoms with E-state index in [1.807, 2.05) is 30.6 Å². The van der Waals surface area contributed by atoms with Gasteiger partial charge < -0.3 is 4.57 Å². The first kappa shape index (κ1) is 11.9. The van der Waals surface area contributed by atoms with Gasteiger partial charge in [0, 0.05) is 29.6 Å². The van der Waals surface area contributed by atoms with E-state index in [0.29, 0.717) is 5.56 Å². The fraction of sp³-hybridized carbons (Fsp3) is 0.200. The summed E-state index contributed by atoms with van der Waals surface area (Å²) in [5.74, 6) is 0. The average Bonchev–Trinajstić information content (AvgIpc) is 3.02. The van der Waals surface area contributed by atoms with Crippen molar-refractivity contribution in [2.24, 2.45) is 0 Å². The van der Waals surface area contributed by atoms with Gasteiger partial charge in [0.1, 0.15) is 0 Å². The van der Waals surface area contributed by atoms with Crippen LogP contribution in [0.3, 0.4) is 0 Å². The Morgan fingerprint density at radius 1 is 1.37 bits per heavy atom. The number of fused-ring (bicyclic) bond motifs is 1. The Bertz CT molecular complexity index is 761. The summed E-state index contributed by atoms with van der Waals surface area (Å²) in [6.45, 7) is 2.97. The molecule has 0 saturated heterocycles. The molecule has 0 bridgehead atoms. The van der Waals surface area contributed by atoms with Crippen LogP contribution in [0.1, 0.15) is 16.1 Å². The van der Waals surface area contributed by atoms with Crippen LogP contribution in [-0.4, -0.2) is 9.55 Å². The van der Waals surface area contributed by atoms with Crippen LogP contribution >= 0.6 is 11.3 Å². The van der Waals surface area contributed by atoms with Crippen molar-refractivity contribution in [1.82, 2.24) is 9.55 Å². The van der Waals surface area contributed by atoms with Crippen LogP contribution in [0.2, 0.25) is 0 Å². The zero-order valence-corrected chi connectivity index (χ0v) is 11.4. The number of benzene rings is 1. The third-order valence-electron chi connectivity index (χ3n) is 3.33. The molecule has 0 aliphatic carbocycles. The molecule has 3 rings (SSSR count). The molecule has 0 saturated carbocycles. The van der Waals surface area contributed by atoms with Gasteiger partial charge in [0.2, 0.25) is 0 Å². The fourth-order valence-corrected chi connectivity index (χ4v) is 3.01. The molecule has 0 fully saturated rings. The number of nitriles is 1. The highest BCUT2D eigenvalue weighted by atomic mass is 32.1. The largest absolute Gasteiger partial charge is 0.347 e. The van der Waals surface area contributed by atoms with Crippen molar-refractivity contribution < 1.29 is 0 Å². The summed E-state index contributed by atoms with van der Waals surface area (Å²) in [5, 5.41) is 10.2. The molecule has 0 unspecified atom stereocenters. The molecular formula is C15H13N3S. The van der Waals surface area contributed by atoms with Gasteiger partial charge in [-0.25, -0.2) is 4.98 Å². The van der Waals surface area contributed by atoms with Crippen molar-refractivity contribution in [3.05, 3.63) is 52.1 Å². The number of aromatic nitrogens is 2. The molecule has 0 spiro atoms. The van der Waals surface area contributed by atoms with Gasteiger partial charge in [0.05, 0.1) is 22.8 Å². The van der Waals surface area contributed by atoms with E-state index >= 15 is 0 Å². The van der Waals surface area contributed by atoms with Gasteiger partial charge >= 0.3 is 0 Å². The van der Waals surface area contributed by atoms with Crippen LogP contribution in [0, 0.1) is 18.3 Å². The molecule has 2 aromatic heterocycles. The lowest BCUT2D eigenvalue weighted by Crippen LogP contribution is -1.99. The van der Waals surface area contributed by atoms with Crippen molar-refractivity contribution in [1.29, 1.82) is 5.26 Å². The second kappa shape index (κ2) is 4.87. The number of aryl methyl sites for hydroxylation is 3. The number of hydrogen-bond donors (Lipinski definition) is 0. The number of nitrogens with zero attached hydrogens (tertiary/aromatic N) is 3. The van der Waals surface area contributed by atoms with Gasteiger partial charge in [0.25, 0.3) is 0 Å². The second-order valence-electron chi connectivity index (χ2n) is 4.51. The summed E-state index contributed by atoms with van der Waals surface area (Å²) in [6.07, 6.45) is 3.07. The monoisotopic (exact) mass is 267 g/mol. The van der Waals surface area contributed by atoms with E-state index in [0.717, 1.165) is 24.2 Å². The summed E-state index contributed by atoms with van der Waals surface area (Å²) in [6, 6.07) is 10.1. The lowest BCUT2D eigenvalue weighted by molar-refractivity contribution is 0.726. The number of thiazole rings is 1. The first-order valence-corrected chi connectivity index (χ1v) is 7.04. The lowest BCUT2D eigenvalue weighted by atomic mass is 10.2. The van der Waals surface area contributed by atoms with Crippen LogP contribution in [0.25, 0.3) is 10.9 Å².